The summed E-state index contributed by atoms with van der Waals surface area (Å²) < 4.78 is 27.3. The number of barbiturate groups is 1. The first kappa shape index (κ1) is 18.4. The smallest absolute Gasteiger partial charge is 0.288 e. The lowest BCUT2D eigenvalue weighted by Gasteiger charge is -2.30. The molecule has 0 bridgehead atoms. The van der Waals surface area contributed by atoms with Crippen LogP contribution in [0.5, 0.6) is 0 Å². The average molecular weight is 371 g/mol. The lowest BCUT2D eigenvalue weighted by Crippen LogP contribution is -2.60. The minimum atomic E-state index is -1.38. The lowest BCUT2D eigenvalue weighted by atomic mass is 9.99. The van der Waals surface area contributed by atoms with Crippen molar-refractivity contribution in [2.24, 2.45) is 10.9 Å². The fourth-order valence-electron chi connectivity index (χ4n) is 2.75. The van der Waals surface area contributed by atoms with E-state index < -0.39 is 35.4 Å². The largest absolute Gasteiger partial charge is 0.335 e. The zero-order valence-electron chi connectivity index (χ0n) is 14.3. The van der Waals surface area contributed by atoms with Crippen molar-refractivity contribution < 1.29 is 23.2 Å². The molecule has 3 rings (SSSR count). The van der Waals surface area contributed by atoms with Crippen molar-refractivity contribution >= 4 is 29.2 Å². The van der Waals surface area contributed by atoms with Crippen LogP contribution in [-0.2, 0) is 16.1 Å². The fraction of sp³-hybridized carbons (Fsp3) is 0.158. The van der Waals surface area contributed by atoms with Crippen molar-refractivity contribution in [3.63, 3.8) is 0 Å². The van der Waals surface area contributed by atoms with E-state index in [1.807, 2.05) is 5.32 Å². The number of imide groups is 2. The highest BCUT2D eigenvalue weighted by Gasteiger charge is 2.43. The van der Waals surface area contributed by atoms with Gasteiger partial charge in [-0.2, -0.15) is 0 Å². The summed E-state index contributed by atoms with van der Waals surface area (Å²) in [6.07, 6.45) is 0. The van der Waals surface area contributed by atoms with Gasteiger partial charge in [-0.05, 0) is 36.8 Å². The van der Waals surface area contributed by atoms with Crippen LogP contribution in [0, 0.1) is 17.6 Å². The maximum atomic E-state index is 14.0. The highest BCUT2D eigenvalue weighted by molar-refractivity contribution is 6.35. The molecule has 0 aromatic heterocycles. The number of nitrogens with one attached hydrogen (secondary N) is 1. The number of rotatable bonds is 4. The standard InChI is InChI=1S/C19H15F2N3O3/c1-11(22-10-12-5-4-6-13(20)9-12)16-17(25)23-19(27)24(18(16)26)15-8-3-2-7-14(15)21/h2-9,16H,10H2,1H3,(H,23,25,27). The normalized spacial score (nSPS) is 17.9. The van der Waals surface area contributed by atoms with Gasteiger partial charge in [0, 0.05) is 5.71 Å². The molecule has 1 saturated heterocycles. The van der Waals surface area contributed by atoms with E-state index in [4.69, 9.17) is 0 Å². The van der Waals surface area contributed by atoms with Gasteiger partial charge in [0.15, 0.2) is 5.92 Å². The Morgan fingerprint density at radius 1 is 1.11 bits per heavy atom. The molecule has 1 aliphatic heterocycles. The quantitative estimate of drug-likeness (QED) is 0.663. The van der Waals surface area contributed by atoms with Crippen molar-refractivity contribution in [2.45, 2.75) is 13.5 Å². The third-order valence-corrected chi connectivity index (χ3v) is 4.07. The number of carbonyl (C=O) groups is 3. The second-order valence-electron chi connectivity index (χ2n) is 5.94. The highest BCUT2D eigenvalue weighted by Crippen LogP contribution is 2.24. The van der Waals surface area contributed by atoms with Crippen LogP contribution >= 0.6 is 0 Å². The predicted molar refractivity (Wildman–Crippen MR) is 94.1 cm³/mol. The number of nitrogens with zero attached hydrogens (tertiary/aromatic N) is 2. The molecule has 0 aliphatic carbocycles. The molecule has 1 atom stereocenters. The molecule has 8 heteroatoms. The maximum Gasteiger partial charge on any atom is 0.335 e. The van der Waals surface area contributed by atoms with Gasteiger partial charge in [0.2, 0.25) is 5.91 Å². The maximum absolute atomic E-state index is 14.0. The Hall–Kier alpha value is -3.42. The van der Waals surface area contributed by atoms with E-state index in [2.05, 4.69) is 4.99 Å². The summed E-state index contributed by atoms with van der Waals surface area (Å²) in [5.41, 5.74) is 0.436. The van der Waals surface area contributed by atoms with Crippen LogP contribution in [0.15, 0.2) is 53.5 Å². The Balaban J connectivity index is 1.88. The Morgan fingerprint density at radius 2 is 1.85 bits per heavy atom. The Morgan fingerprint density at radius 3 is 2.56 bits per heavy atom. The summed E-state index contributed by atoms with van der Waals surface area (Å²) in [4.78, 5) is 41.7. The van der Waals surface area contributed by atoms with Crippen LogP contribution < -0.4 is 10.2 Å². The minimum Gasteiger partial charge on any atom is -0.288 e. The second-order valence-corrected chi connectivity index (χ2v) is 5.94. The minimum absolute atomic E-state index is 0.0499. The zero-order valence-corrected chi connectivity index (χ0v) is 14.3. The van der Waals surface area contributed by atoms with Crippen molar-refractivity contribution in [3.8, 4) is 0 Å². The summed E-state index contributed by atoms with van der Waals surface area (Å²) >= 11 is 0. The first-order chi connectivity index (χ1) is 12.9. The summed E-state index contributed by atoms with van der Waals surface area (Å²) in [7, 11) is 0. The zero-order chi connectivity index (χ0) is 19.6. The van der Waals surface area contributed by atoms with Crippen molar-refractivity contribution in [2.75, 3.05) is 4.90 Å². The molecule has 4 amide bonds. The van der Waals surface area contributed by atoms with E-state index in [0.29, 0.717) is 10.5 Å². The van der Waals surface area contributed by atoms with Gasteiger partial charge < -0.3 is 0 Å². The second kappa shape index (κ2) is 7.45. The third-order valence-electron chi connectivity index (χ3n) is 4.07. The van der Waals surface area contributed by atoms with E-state index >= 15 is 0 Å². The van der Waals surface area contributed by atoms with Crippen LogP contribution in [0.1, 0.15) is 12.5 Å². The molecule has 27 heavy (non-hydrogen) atoms. The number of halogens is 2. The highest BCUT2D eigenvalue weighted by atomic mass is 19.1. The van der Waals surface area contributed by atoms with Gasteiger partial charge in [-0.25, -0.2) is 18.5 Å². The number of urea groups is 1. The Kier molecular flexibility index (Phi) is 5.07. The monoisotopic (exact) mass is 371 g/mol. The van der Waals surface area contributed by atoms with Gasteiger partial charge >= 0.3 is 6.03 Å². The average Bonchev–Trinajstić information content (AvgIpc) is 2.61. The van der Waals surface area contributed by atoms with Crippen LogP contribution in [0.4, 0.5) is 19.3 Å². The molecule has 1 heterocycles. The van der Waals surface area contributed by atoms with E-state index in [0.717, 1.165) is 6.07 Å². The van der Waals surface area contributed by atoms with E-state index in [1.165, 1.54) is 43.3 Å². The first-order valence-corrected chi connectivity index (χ1v) is 8.07. The van der Waals surface area contributed by atoms with Gasteiger partial charge in [0.25, 0.3) is 5.91 Å². The fourth-order valence-corrected chi connectivity index (χ4v) is 2.75. The number of hydrogen-bond acceptors (Lipinski definition) is 4. The molecular weight excluding hydrogens is 356 g/mol. The summed E-state index contributed by atoms with van der Waals surface area (Å²) in [6, 6.07) is 9.97. The number of anilines is 1. The number of benzene rings is 2. The predicted octanol–water partition coefficient (Wildman–Crippen LogP) is 2.82. The molecule has 6 nitrogen and oxygen atoms in total. The number of para-hydroxylation sites is 1. The van der Waals surface area contributed by atoms with E-state index in [9.17, 15) is 23.2 Å². The third kappa shape index (κ3) is 3.74. The number of hydrogen-bond donors (Lipinski definition) is 1. The number of carbonyl (C=O) groups excluding carboxylic acids is 3. The van der Waals surface area contributed by atoms with Crippen molar-refractivity contribution in [1.29, 1.82) is 0 Å². The van der Waals surface area contributed by atoms with Crippen molar-refractivity contribution in [1.82, 2.24) is 5.32 Å². The van der Waals surface area contributed by atoms with Crippen LogP contribution in [0.2, 0.25) is 0 Å². The van der Waals surface area contributed by atoms with E-state index in [-0.39, 0.29) is 17.9 Å². The molecule has 138 valence electrons. The van der Waals surface area contributed by atoms with Crippen LogP contribution in [0.3, 0.4) is 0 Å². The van der Waals surface area contributed by atoms with Gasteiger partial charge in [-0.3, -0.25) is 19.9 Å². The molecule has 2 aromatic carbocycles. The summed E-state index contributed by atoms with van der Waals surface area (Å²) in [5.74, 6) is -4.31. The summed E-state index contributed by atoms with van der Waals surface area (Å²) in [6.45, 7) is 1.51. The first-order valence-electron chi connectivity index (χ1n) is 8.07. The van der Waals surface area contributed by atoms with Gasteiger partial charge in [0.1, 0.15) is 11.6 Å². The van der Waals surface area contributed by atoms with Gasteiger partial charge in [0.05, 0.1) is 12.2 Å². The van der Waals surface area contributed by atoms with Gasteiger partial charge in [-0.15, -0.1) is 0 Å². The lowest BCUT2D eigenvalue weighted by molar-refractivity contribution is -0.131. The topological polar surface area (TPSA) is 78.8 Å². The molecule has 2 aromatic rings. The molecule has 1 fully saturated rings. The van der Waals surface area contributed by atoms with Crippen molar-refractivity contribution in [3.05, 3.63) is 65.7 Å². The molecular formula is C19H15F2N3O3. The van der Waals surface area contributed by atoms with Gasteiger partial charge in [-0.1, -0.05) is 24.3 Å². The molecule has 1 aliphatic rings. The SMILES string of the molecule is CC(=NCc1cccc(F)c1)C1C(=O)NC(=O)N(c2ccccc2F)C1=O. The molecule has 0 radical (unpaired) electrons. The number of aliphatic imine (C=N–C) groups is 1. The Labute approximate surface area is 153 Å². The molecule has 0 spiro atoms. The number of amides is 4. The Bertz CT molecular complexity index is 959. The van der Waals surface area contributed by atoms with E-state index in [1.54, 1.807) is 6.07 Å². The van der Waals surface area contributed by atoms with Crippen LogP contribution in [-0.4, -0.2) is 23.6 Å². The summed E-state index contributed by atoms with van der Waals surface area (Å²) in [5, 5.41) is 2.04. The molecule has 1 unspecified atom stereocenters. The van der Waals surface area contributed by atoms with Crippen LogP contribution in [0.25, 0.3) is 0 Å². The molecule has 1 N–H and O–H groups in total. The molecule has 0 saturated carbocycles.